The number of carbonyl (C=O) groups is 2. The molecule has 0 bridgehead atoms. The summed E-state index contributed by atoms with van der Waals surface area (Å²) in [5, 5.41) is 2.89. The number of hydrogen-bond donors (Lipinski definition) is 1. The maximum absolute atomic E-state index is 13.8. The molecule has 5 nitrogen and oxygen atoms in total. The van der Waals surface area contributed by atoms with Gasteiger partial charge in [0.1, 0.15) is 5.82 Å². The topological polar surface area (TPSA) is 62.3 Å². The Hall–Kier alpha value is -2.47. The molecule has 0 spiro atoms. The molecule has 1 aromatic heterocycles. The first-order valence-corrected chi connectivity index (χ1v) is 8.38. The number of amides is 2. The first kappa shape index (κ1) is 17.4. The van der Waals surface area contributed by atoms with Crippen molar-refractivity contribution in [2.45, 2.75) is 18.9 Å². The molecule has 2 aromatic rings. The maximum Gasteiger partial charge on any atom is 0.255 e. The van der Waals surface area contributed by atoms with Crippen molar-refractivity contribution in [3.05, 3.63) is 64.7 Å². The van der Waals surface area contributed by atoms with Crippen LogP contribution >= 0.6 is 11.6 Å². The van der Waals surface area contributed by atoms with E-state index < -0.39 is 11.7 Å². The van der Waals surface area contributed by atoms with Gasteiger partial charge in [-0.15, -0.1) is 0 Å². The van der Waals surface area contributed by atoms with Crippen LogP contribution in [0, 0.1) is 5.82 Å². The van der Waals surface area contributed by atoms with E-state index in [0.717, 1.165) is 0 Å². The molecule has 3 rings (SSSR count). The summed E-state index contributed by atoms with van der Waals surface area (Å²) in [6, 6.07) is 7.38. The van der Waals surface area contributed by atoms with Gasteiger partial charge in [0.2, 0.25) is 0 Å². The quantitative estimate of drug-likeness (QED) is 0.914. The average Bonchev–Trinajstić information content (AvgIpc) is 2.62. The van der Waals surface area contributed by atoms with E-state index in [1.165, 1.54) is 18.2 Å². The lowest BCUT2D eigenvalue weighted by molar-refractivity contribution is 0.0698. The van der Waals surface area contributed by atoms with Gasteiger partial charge in [0.15, 0.2) is 0 Å². The highest BCUT2D eigenvalue weighted by Gasteiger charge is 2.26. The second kappa shape index (κ2) is 7.61. The minimum Gasteiger partial charge on any atom is -0.349 e. The molecule has 0 saturated carbocycles. The molecule has 1 aliphatic rings. The molecule has 1 aliphatic heterocycles. The van der Waals surface area contributed by atoms with Crippen molar-refractivity contribution in [3.8, 4) is 0 Å². The Kier molecular flexibility index (Phi) is 5.28. The Balaban J connectivity index is 1.58. The van der Waals surface area contributed by atoms with Gasteiger partial charge in [0.05, 0.1) is 10.6 Å². The Labute approximate surface area is 149 Å². The SMILES string of the molecule is O=C(NC1CCN(C(=O)c2ccncc2)CC1)c1c(F)cccc1Cl. The van der Waals surface area contributed by atoms with Crippen LogP contribution in [0.2, 0.25) is 5.02 Å². The summed E-state index contributed by atoms with van der Waals surface area (Å²) in [6.07, 6.45) is 4.37. The number of pyridine rings is 1. The predicted molar refractivity (Wildman–Crippen MR) is 92.0 cm³/mol. The number of likely N-dealkylation sites (tertiary alicyclic amines) is 1. The Bertz CT molecular complexity index is 757. The number of hydrogen-bond acceptors (Lipinski definition) is 3. The second-order valence-electron chi connectivity index (χ2n) is 5.87. The zero-order chi connectivity index (χ0) is 17.8. The van der Waals surface area contributed by atoms with Crippen LogP contribution in [0.1, 0.15) is 33.6 Å². The molecule has 0 aliphatic carbocycles. The fraction of sp³-hybridized carbons (Fsp3) is 0.278. The third-order valence-electron chi connectivity index (χ3n) is 4.23. The van der Waals surface area contributed by atoms with Crippen molar-refractivity contribution in [3.63, 3.8) is 0 Å². The summed E-state index contributed by atoms with van der Waals surface area (Å²) in [5.74, 6) is -1.22. The monoisotopic (exact) mass is 361 g/mol. The zero-order valence-electron chi connectivity index (χ0n) is 13.4. The second-order valence-corrected chi connectivity index (χ2v) is 6.28. The van der Waals surface area contributed by atoms with E-state index in [-0.39, 0.29) is 22.5 Å². The first-order valence-electron chi connectivity index (χ1n) is 8.00. The summed E-state index contributed by atoms with van der Waals surface area (Å²) in [6.45, 7) is 1.05. The average molecular weight is 362 g/mol. The smallest absolute Gasteiger partial charge is 0.255 e. The van der Waals surface area contributed by atoms with Crippen LogP contribution in [-0.4, -0.2) is 40.8 Å². The number of carbonyl (C=O) groups excluding carboxylic acids is 2. The molecular weight excluding hydrogens is 345 g/mol. The van der Waals surface area contributed by atoms with Gasteiger partial charge in [-0.1, -0.05) is 17.7 Å². The van der Waals surface area contributed by atoms with Crippen LogP contribution < -0.4 is 5.32 Å². The highest BCUT2D eigenvalue weighted by Crippen LogP contribution is 2.20. The van der Waals surface area contributed by atoms with Crippen LogP contribution in [-0.2, 0) is 0 Å². The van der Waals surface area contributed by atoms with Crippen LogP contribution in [0.25, 0.3) is 0 Å². The molecule has 0 atom stereocenters. The molecule has 1 fully saturated rings. The lowest BCUT2D eigenvalue weighted by atomic mass is 10.0. The molecule has 1 aromatic carbocycles. The van der Waals surface area contributed by atoms with E-state index in [1.807, 2.05) is 0 Å². The Morgan fingerprint density at radius 1 is 1.16 bits per heavy atom. The molecule has 1 N–H and O–H groups in total. The van der Waals surface area contributed by atoms with Gasteiger partial charge in [-0.2, -0.15) is 0 Å². The van der Waals surface area contributed by atoms with Crippen LogP contribution in [0.5, 0.6) is 0 Å². The van der Waals surface area contributed by atoms with Crippen LogP contribution in [0.15, 0.2) is 42.7 Å². The molecule has 2 heterocycles. The first-order chi connectivity index (χ1) is 12.1. The normalized spacial score (nSPS) is 15.0. The van der Waals surface area contributed by atoms with Gasteiger partial charge in [-0.3, -0.25) is 14.6 Å². The highest BCUT2D eigenvalue weighted by atomic mass is 35.5. The summed E-state index contributed by atoms with van der Waals surface area (Å²) in [4.78, 5) is 30.3. The predicted octanol–water partition coefficient (Wildman–Crippen LogP) is 2.91. The van der Waals surface area contributed by atoms with Crippen molar-refractivity contribution < 1.29 is 14.0 Å². The number of nitrogens with one attached hydrogen (secondary N) is 1. The van der Waals surface area contributed by atoms with E-state index in [1.54, 1.807) is 29.4 Å². The molecule has 0 unspecified atom stereocenters. The molecular formula is C18H17ClFN3O2. The fourth-order valence-electron chi connectivity index (χ4n) is 2.88. The maximum atomic E-state index is 13.8. The highest BCUT2D eigenvalue weighted by molar-refractivity contribution is 6.33. The number of nitrogens with zero attached hydrogens (tertiary/aromatic N) is 2. The summed E-state index contributed by atoms with van der Waals surface area (Å²) >= 11 is 5.92. The zero-order valence-corrected chi connectivity index (χ0v) is 14.2. The Morgan fingerprint density at radius 3 is 2.48 bits per heavy atom. The van der Waals surface area contributed by atoms with E-state index >= 15 is 0 Å². The summed E-state index contributed by atoms with van der Waals surface area (Å²) < 4.78 is 13.8. The molecule has 7 heteroatoms. The lowest BCUT2D eigenvalue weighted by Gasteiger charge is -2.32. The van der Waals surface area contributed by atoms with Crippen LogP contribution in [0.3, 0.4) is 0 Å². The standard InChI is InChI=1S/C18H17ClFN3O2/c19-14-2-1-3-15(20)16(14)17(24)22-13-6-10-23(11-7-13)18(25)12-4-8-21-9-5-12/h1-5,8-9,13H,6-7,10-11H2,(H,22,24). The number of halogens is 2. The number of benzene rings is 1. The van der Waals surface area contributed by atoms with E-state index in [9.17, 15) is 14.0 Å². The van der Waals surface area contributed by atoms with E-state index in [0.29, 0.717) is 31.5 Å². The molecule has 130 valence electrons. The van der Waals surface area contributed by atoms with Gasteiger partial charge in [-0.25, -0.2) is 4.39 Å². The lowest BCUT2D eigenvalue weighted by Crippen LogP contribution is -2.46. The van der Waals surface area contributed by atoms with Gasteiger partial charge < -0.3 is 10.2 Å². The molecule has 1 saturated heterocycles. The minimum atomic E-state index is -0.643. The van der Waals surface area contributed by atoms with Crippen molar-refractivity contribution in [1.29, 1.82) is 0 Å². The largest absolute Gasteiger partial charge is 0.349 e. The number of piperidine rings is 1. The number of rotatable bonds is 3. The summed E-state index contributed by atoms with van der Waals surface area (Å²) in [7, 11) is 0. The third kappa shape index (κ3) is 3.96. The summed E-state index contributed by atoms with van der Waals surface area (Å²) in [5.41, 5.74) is 0.454. The number of aromatic nitrogens is 1. The van der Waals surface area contributed by atoms with Crippen LogP contribution in [0.4, 0.5) is 4.39 Å². The fourth-order valence-corrected chi connectivity index (χ4v) is 3.13. The molecule has 0 radical (unpaired) electrons. The minimum absolute atomic E-state index is 0.0516. The Morgan fingerprint density at radius 2 is 1.84 bits per heavy atom. The molecule has 2 amide bonds. The van der Waals surface area contributed by atoms with Crippen molar-refractivity contribution in [2.24, 2.45) is 0 Å². The van der Waals surface area contributed by atoms with Gasteiger partial charge in [-0.05, 0) is 37.1 Å². The van der Waals surface area contributed by atoms with Crippen molar-refractivity contribution in [2.75, 3.05) is 13.1 Å². The van der Waals surface area contributed by atoms with Crippen molar-refractivity contribution in [1.82, 2.24) is 15.2 Å². The van der Waals surface area contributed by atoms with Gasteiger partial charge in [0.25, 0.3) is 11.8 Å². The van der Waals surface area contributed by atoms with Gasteiger partial charge >= 0.3 is 0 Å². The van der Waals surface area contributed by atoms with E-state index in [2.05, 4.69) is 10.3 Å². The van der Waals surface area contributed by atoms with Gasteiger partial charge in [0, 0.05) is 37.1 Å². The van der Waals surface area contributed by atoms with E-state index in [4.69, 9.17) is 11.6 Å². The molecule has 25 heavy (non-hydrogen) atoms. The van der Waals surface area contributed by atoms with Crippen molar-refractivity contribution >= 4 is 23.4 Å². The third-order valence-corrected chi connectivity index (χ3v) is 4.55.